The van der Waals surface area contributed by atoms with Crippen LogP contribution in [0.5, 0.6) is 0 Å². The highest BCUT2D eigenvalue weighted by atomic mass is 19.4. The summed E-state index contributed by atoms with van der Waals surface area (Å²) in [6, 6.07) is 6.79. The van der Waals surface area contributed by atoms with Crippen molar-refractivity contribution in [3.8, 4) is 0 Å². The number of hydrogen-bond donors (Lipinski definition) is 1. The number of carbonyl (C=O) groups is 2. The van der Waals surface area contributed by atoms with Gasteiger partial charge < -0.3 is 9.84 Å². The maximum atomic E-state index is 13.2. The molecule has 0 saturated carbocycles. The molecule has 1 aromatic rings. The summed E-state index contributed by atoms with van der Waals surface area (Å²) in [6.07, 6.45) is -5.46. The van der Waals surface area contributed by atoms with Crippen LogP contribution in [-0.4, -0.2) is 40.8 Å². The Morgan fingerprint density at radius 3 is 2.48 bits per heavy atom. The summed E-state index contributed by atoms with van der Waals surface area (Å²) in [5.41, 5.74) is 0.679. The molecule has 2 rings (SSSR count). The molecule has 5 nitrogen and oxygen atoms in total. The fraction of sp³-hybridized carbons (Fsp3) is 0.529. The first-order chi connectivity index (χ1) is 11.8. The van der Waals surface area contributed by atoms with E-state index < -0.39 is 24.3 Å². The minimum Gasteiger partial charge on any atom is -0.481 e. The number of carboxylic acid groups (broad SMARTS) is 1. The summed E-state index contributed by atoms with van der Waals surface area (Å²) >= 11 is 0. The van der Waals surface area contributed by atoms with Gasteiger partial charge in [-0.1, -0.05) is 30.3 Å². The van der Waals surface area contributed by atoms with Crippen LogP contribution in [0, 0.1) is 5.92 Å². The lowest BCUT2D eigenvalue weighted by Crippen LogP contribution is -2.53. The number of carboxylic acids is 1. The molecule has 1 amide bonds. The molecule has 1 N–H and O–H groups in total. The van der Waals surface area contributed by atoms with Crippen LogP contribution in [0.4, 0.5) is 18.0 Å². The number of alkyl halides is 3. The molecule has 0 aliphatic carbocycles. The Morgan fingerprint density at radius 2 is 1.88 bits per heavy atom. The number of piperidine rings is 1. The Bertz CT molecular complexity index is 591. The highest BCUT2D eigenvalue weighted by molar-refractivity contribution is 5.68. The van der Waals surface area contributed by atoms with E-state index in [1.807, 2.05) is 0 Å². The highest BCUT2D eigenvalue weighted by Gasteiger charge is 2.48. The Balaban J connectivity index is 2.01. The van der Waals surface area contributed by atoms with Crippen LogP contribution in [0.3, 0.4) is 0 Å². The Morgan fingerprint density at radius 1 is 1.20 bits per heavy atom. The van der Waals surface area contributed by atoms with Crippen LogP contribution in [0.2, 0.25) is 0 Å². The largest absolute Gasteiger partial charge is 0.481 e. The van der Waals surface area contributed by atoms with Gasteiger partial charge in [0.2, 0.25) is 0 Å². The number of halogens is 3. The number of aliphatic carboxylic acids is 1. The van der Waals surface area contributed by atoms with Gasteiger partial charge in [0.25, 0.3) is 0 Å². The molecule has 1 aromatic carbocycles. The standard InChI is InChI=1S/C17H20F3NO4/c18-17(19,20)14-8-6-12(7-9-15(22)23)10-21(14)16(24)25-11-13-4-2-1-3-5-13/h1-5,12,14H,6-11H2,(H,22,23). The third kappa shape index (κ3) is 5.65. The second-order valence-electron chi connectivity index (χ2n) is 6.13. The van der Waals surface area contributed by atoms with Crippen molar-refractivity contribution in [2.75, 3.05) is 6.54 Å². The minimum absolute atomic E-state index is 0.111. The quantitative estimate of drug-likeness (QED) is 0.868. The van der Waals surface area contributed by atoms with E-state index in [0.717, 1.165) is 0 Å². The van der Waals surface area contributed by atoms with Crippen molar-refractivity contribution in [2.24, 2.45) is 5.92 Å². The molecule has 25 heavy (non-hydrogen) atoms. The maximum absolute atomic E-state index is 13.2. The van der Waals surface area contributed by atoms with Gasteiger partial charge in [-0.05, 0) is 30.7 Å². The van der Waals surface area contributed by atoms with Gasteiger partial charge in [-0.2, -0.15) is 13.2 Å². The first-order valence-electron chi connectivity index (χ1n) is 8.03. The zero-order chi connectivity index (χ0) is 18.4. The SMILES string of the molecule is O=C(O)CCC1CCC(C(F)(F)F)N(C(=O)OCc2ccccc2)C1. The van der Waals surface area contributed by atoms with Crippen molar-refractivity contribution >= 4 is 12.1 Å². The number of carbonyl (C=O) groups excluding carboxylic acids is 1. The molecule has 0 bridgehead atoms. The Kier molecular flexibility index (Phi) is 6.27. The van der Waals surface area contributed by atoms with Gasteiger partial charge in [-0.3, -0.25) is 9.69 Å². The lowest BCUT2D eigenvalue weighted by atomic mass is 9.89. The van der Waals surface area contributed by atoms with Gasteiger partial charge in [-0.25, -0.2) is 4.79 Å². The summed E-state index contributed by atoms with van der Waals surface area (Å²) in [7, 11) is 0. The summed E-state index contributed by atoms with van der Waals surface area (Å²) in [5.74, 6) is -1.28. The van der Waals surface area contributed by atoms with Gasteiger partial charge in [-0.15, -0.1) is 0 Å². The van der Waals surface area contributed by atoms with E-state index in [4.69, 9.17) is 9.84 Å². The van der Waals surface area contributed by atoms with Crippen LogP contribution in [0.15, 0.2) is 30.3 Å². The van der Waals surface area contributed by atoms with Gasteiger partial charge in [0, 0.05) is 13.0 Å². The third-order valence-corrected chi connectivity index (χ3v) is 4.26. The molecular weight excluding hydrogens is 339 g/mol. The molecule has 8 heteroatoms. The molecule has 1 saturated heterocycles. The smallest absolute Gasteiger partial charge is 0.410 e. The number of benzene rings is 1. The number of amides is 1. The van der Waals surface area contributed by atoms with Crippen LogP contribution in [0.1, 0.15) is 31.2 Å². The average molecular weight is 359 g/mol. The highest BCUT2D eigenvalue weighted by Crippen LogP contribution is 2.35. The molecule has 2 unspecified atom stereocenters. The van der Waals surface area contributed by atoms with E-state index in [1.54, 1.807) is 30.3 Å². The molecule has 0 spiro atoms. The first-order valence-corrected chi connectivity index (χ1v) is 8.03. The average Bonchev–Trinajstić information content (AvgIpc) is 2.57. The molecule has 1 aliphatic rings. The van der Waals surface area contributed by atoms with Gasteiger partial charge in [0.1, 0.15) is 12.6 Å². The van der Waals surface area contributed by atoms with E-state index in [9.17, 15) is 22.8 Å². The summed E-state index contributed by atoms with van der Waals surface area (Å²) in [6.45, 7) is -0.258. The fourth-order valence-corrected chi connectivity index (χ4v) is 2.95. The molecule has 1 heterocycles. The molecule has 0 aromatic heterocycles. The van der Waals surface area contributed by atoms with Crippen LogP contribution < -0.4 is 0 Å². The van der Waals surface area contributed by atoms with Crippen LogP contribution >= 0.6 is 0 Å². The Labute approximate surface area is 143 Å². The van der Waals surface area contributed by atoms with E-state index >= 15 is 0 Å². The fourth-order valence-electron chi connectivity index (χ4n) is 2.95. The van der Waals surface area contributed by atoms with Crippen molar-refractivity contribution in [1.29, 1.82) is 0 Å². The third-order valence-electron chi connectivity index (χ3n) is 4.26. The van der Waals surface area contributed by atoms with E-state index in [2.05, 4.69) is 0 Å². The first kappa shape index (κ1) is 19.1. The number of ether oxygens (including phenoxy) is 1. The summed E-state index contributed by atoms with van der Waals surface area (Å²) < 4.78 is 44.7. The molecule has 138 valence electrons. The molecular formula is C17H20F3NO4. The van der Waals surface area contributed by atoms with E-state index in [-0.39, 0.29) is 44.8 Å². The second kappa shape index (κ2) is 8.22. The van der Waals surface area contributed by atoms with Crippen molar-refractivity contribution in [3.63, 3.8) is 0 Å². The molecule has 1 fully saturated rings. The Hall–Kier alpha value is -2.25. The monoisotopic (exact) mass is 359 g/mol. The lowest BCUT2D eigenvalue weighted by Gasteiger charge is -2.39. The molecule has 1 aliphatic heterocycles. The molecule has 2 atom stereocenters. The summed E-state index contributed by atoms with van der Waals surface area (Å²) in [4.78, 5) is 23.5. The van der Waals surface area contributed by atoms with Crippen molar-refractivity contribution < 1.29 is 32.6 Å². The van der Waals surface area contributed by atoms with Crippen LogP contribution in [0.25, 0.3) is 0 Å². The number of rotatable bonds is 5. The lowest BCUT2D eigenvalue weighted by molar-refractivity contribution is -0.189. The van der Waals surface area contributed by atoms with Crippen molar-refractivity contribution in [1.82, 2.24) is 4.90 Å². The maximum Gasteiger partial charge on any atom is 0.410 e. The van der Waals surface area contributed by atoms with Crippen molar-refractivity contribution in [2.45, 2.75) is 44.5 Å². The van der Waals surface area contributed by atoms with Gasteiger partial charge in [0.05, 0.1) is 0 Å². The zero-order valence-corrected chi connectivity index (χ0v) is 13.5. The number of likely N-dealkylation sites (tertiary alicyclic amines) is 1. The number of nitrogens with zero attached hydrogens (tertiary/aromatic N) is 1. The van der Waals surface area contributed by atoms with Crippen molar-refractivity contribution in [3.05, 3.63) is 35.9 Å². The predicted molar refractivity (Wildman–Crippen MR) is 82.8 cm³/mol. The second-order valence-corrected chi connectivity index (χ2v) is 6.13. The summed E-state index contributed by atoms with van der Waals surface area (Å²) in [5, 5.41) is 8.73. The van der Waals surface area contributed by atoms with Gasteiger partial charge >= 0.3 is 18.2 Å². The van der Waals surface area contributed by atoms with Crippen LogP contribution in [-0.2, 0) is 16.1 Å². The normalized spacial score (nSPS) is 21.0. The molecule has 0 radical (unpaired) electrons. The number of hydrogen-bond acceptors (Lipinski definition) is 3. The zero-order valence-electron chi connectivity index (χ0n) is 13.5. The van der Waals surface area contributed by atoms with E-state index in [1.165, 1.54) is 0 Å². The van der Waals surface area contributed by atoms with E-state index in [0.29, 0.717) is 10.5 Å². The topological polar surface area (TPSA) is 66.8 Å². The predicted octanol–water partition coefficient (Wildman–Crippen LogP) is 3.83. The van der Waals surface area contributed by atoms with Gasteiger partial charge in [0.15, 0.2) is 0 Å². The minimum atomic E-state index is -4.54.